The van der Waals surface area contributed by atoms with E-state index in [9.17, 15) is 10.0 Å². The zero-order chi connectivity index (χ0) is 22.4. The van der Waals surface area contributed by atoms with Gasteiger partial charge in [-0.15, -0.1) is 0 Å². The quantitative estimate of drug-likeness (QED) is 0.365. The van der Waals surface area contributed by atoms with Crippen LogP contribution >= 0.6 is 0 Å². The molecule has 0 aromatic heterocycles. The molecule has 0 amide bonds. The van der Waals surface area contributed by atoms with E-state index in [0.29, 0.717) is 11.7 Å². The minimum atomic E-state index is -0.568. The number of hydrogen-bond donors (Lipinski definition) is 1. The molecule has 2 aliphatic rings. The summed E-state index contributed by atoms with van der Waals surface area (Å²) in [7, 11) is 0. The molecule has 0 saturated heterocycles. The summed E-state index contributed by atoms with van der Waals surface area (Å²) in [6.45, 7) is 8.84. The Morgan fingerprint density at radius 3 is 2.52 bits per heavy atom. The van der Waals surface area contributed by atoms with Crippen LogP contribution < -0.4 is 9.96 Å². The van der Waals surface area contributed by atoms with Gasteiger partial charge >= 0.3 is 5.97 Å². The van der Waals surface area contributed by atoms with Crippen LogP contribution in [-0.4, -0.2) is 11.2 Å². The maximum atomic E-state index is 13.4. The molecular formula is C26H32NO4-. The van der Waals surface area contributed by atoms with Gasteiger partial charge in [0.1, 0.15) is 5.75 Å². The summed E-state index contributed by atoms with van der Waals surface area (Å²) in [4.78, 5) is 13.4. The zero-order valence-corrected chi connectivity index (χ0v) is 18.9. The van der Waals surface area contributed by atoms with E-state index in [0.717, 1.165) is 32.1 Å². The molecule has 5 nitrogen and oxygen atoms in total. The first kappa shape index (κ1) is 21.8. The Morgan fingerprint density at radius 1 is 1.16 bits per heavy atom. The van der Waals surface area contributed by atoms with E-state index >= 15 is 0 Å². The summed E-state index contributed by atoms with van der Waals surface area (Å²) in [6, 6.07) is 12.9. The van der Waals surface area contributed by atoms with E-state index in [1.165, 1.54) is 28.8 Å². The lowest BCUT2D eigenvalue weighted by molar-refractivity contribution is -0.154. The minimum Gasteiger partial charge on any atom is -0.733 e. The highest BCUT2D eigenvalue weighted by Gasteiger charge is 2.55. The average Bonchev–Trinajstić information content (AvgIpc) is 2.73. The molecule has 0 heterocycles. The fourth-order valence-corrected chi connectivity index (χ4v) is 5.98. The number of carbonyl (C=O) groups excluding carboxylic acids is 1. The van der Waals surface area contributed by atoms with Crippen molar-refractivity contribution in [2.75, 3.05) is 5.23 Å². The maximum absolute atomic E-state index is 13.4. The minimum absolute atomic E-state index is 0.0427. The average molecular weight is 423 g/mol. The van der Waals surface area contributed by atoms with Crippen LogP contribution in [0.25, 0.3) is 0 Å². The predicted molar refractivity (Wildman–Crippen MR) is 121 cm³/mol. The van der Waals surface area contributed by atoms with Crippen molar-refractivity contribution in [1.82, 2.24) is 0 Å². The van der Waals surface area contributed by atoms with Gasteiger partial charge in [0, 0.05) is 0 Å². The number of hydrogen-bond acceptors (Lipinski definition) is 5. The third-order valence-electron chi connectivity index (χ3n) is 7.78. The highest BCUT2D eigenvalue weighted by atomic mass is 16.8. The van der Waals surface area contributed by atoms with Gasteiger partial charge < -0.3 is 15.2 Å². The molecule has 2 aliphatic carbocycles. The number of benzene rings is 2. The van der Waals surface area contributed by atoms with Crippen molar-refractivity contribution in [2.24, 2.45) is 11.3 Å². The van der Waals surface area contributed by atoms with Crippen LogP contribution in [-0.2, 0) is 16.6 Å². The normalized spacial score (nSPS) is 27.4. The van der Waals surface area contributed by atoms with Gasteiger partial charge in [0.15, 0.2) is 0 Å². The first-order chi connectivity index (χ1) is 14.6. The number of esters is 1. The third kappa shape index (κ3) is 3.74. The second-order valence-electron chi connectivity index (χ2n) is 10.0. The number of fused-ring (bicyclic) bond motifs is 3. The van der Waals surface area contributed by atoms with Crippen molar-refractivity contribution in [1.29, 1.82) is 0 Å². The Balaban J connectivity index is 1.61. The van der Waals surface area contributed by atoms with Crippen molar-refractivity contribution in [3.05, 3.63) is 64.4 Å². The lowest BCUT2D eigenvalue weighted by Gasteiger charge is -2.54. The Hall–Kier alpha value is -2.37. The van der Waals surface area contributed by atoms with Gasteiger partial charge in [0.05, 0.1) is 11.1 Å². The summed E-state index contributed by atoms with van der Waals surface area (Å²) in [5.41, 5.74) is 3.70. The van der Waals surface area contributed by atoms with Crippen molar-refractivity contribution in [2.45, 2.75) is 71.1 Å². The molecule has 0 unspecified atom stereocenters. The lowest BCUT2D eigenvalue weighted by atomic mass is 9.49. The molecule has 3 atom stereocenters. The summed E-state index contributed by atoms with van der Waals surface area (Å²) in [5, 5.41) is 19.8. The van der Waals surface area contributed by atoms with Gasteiger partial charge in [-0.2, -0.15) is 0 Å². The second-order valence-corrected chi connectivity index (χ2v) is 10.0. The summed E-state index contributed by atoms with van der Waals surface area (Å²) in [5.74, 6) is 0.907. The molecule has 1 fully saturated rings. The van der Waals surface area contributed by atoms with Crippen LogP contribution in [0.1, 0.15) is 76.0 Å². The second kappa shape index (κ2) is 7.95. The Labute approximate surface area is 184 Å². The van der Waals surface area contributed by atoms with Gasteiger partial charge in [-0.3, -0.25) is 10.0 Å². The maximum Gasteiger partial charge on any atom is 0.317 e. The number of nitrogens with zero attached hydrogens (tertiary/aromatic N) is 1. The van der Waals surface area contributed by atoms with Crippen LogP contribution in [0.15, 0.2) is 42.5 Å². The highest BCUT2D eigenvalue weighted by Crippen LogP contribution is 2.57. The first-order valence-corrected chi connectivity index (χ1v) is 11.3. The standard InChI is InChI=1S/C26H32NO4/c1-17(2)18-6-12-22-19(16-18)7-13-23-25(22,3)14-5-15-26(23,4)24(28)31-21-10-8-20(9-11-21)27(29)30/h6,8-12,16-17,23,29H,5,7,13-15H2,1-4H3/q-1/t23-,25-,26-/m1/s1. The fraction of sp³-hybridized carbons (Fsp3) is 0.500. The predicted octanol–water partition coefficient (Wildman–Crippen LogP) is 6.12. The highest BCUT2D eigenvalue weighted by molar-refractivity contribution is 5.80. The van der Waals surface area contributed by atoms with E-state index in [2.05, 4.69) is 45.9 Å². The monoisotopic (exact) mass is 422 g/mol. The molecule has 1 N–H and O–H groups in total. The van der Waals surface area contributed by atoms with Crippen molar-refractivity contribution < 1.29 is 14.7 Å². The van der Waals surface area contributed by atoms with E-state index < -0.39 is 5.41 Å². The Kier molecular flexibility index (Phi) is 5.61. The molecule has 2 aromatic rings. The Bertz CT molecular complexity index is 968. The van der Waals surface area contributed by atoms with Crippen LogP contribution in [0.4, 0.5) is 5.69 Å². The smallest absolute Gasteiger partial charge is 0.317 e. The molecule has 0 aliphatic heterocycles. The van der Waals surface area contributed by atoms with Gasteiger partial charge in [-0.25, -0.2) is 0 Å². The van der Waals surface area contributed by atoms with E-state index in [4.69, 9.17) is 9.94 Å². The molecule has 0 spiro atoms. The largest absolute Gasteiger partial charge is 0.733 e. The molecule has 166 valence electrons. The van der Waals surface area contributed by atoms with E-state index in [1.54, 1.807) is 12.1 Å². The molecule has 1 saturated carbocycles. The molecule has 31 heavy (non-hydrogen) atoms. The summed E-state index contributed by atoms with van der Waals surface area (Å²) >= 11 is 0. The van der Waals surface area contributed by atoms with Crippen molar-refractivity contribution in [3.63, 3.8) is 0 Å². The summed E-state index contributed by atoms with van der Waals surface area (Å²) in [6.07, 6.45) is 4.85. The van der Waals surface area contributed by atoms with Crippen molar-refractivity contribution in [3.8, 4) is 5.75 Å². The van der Waals surface area contributed by atoms with Gasteiger partial charge in [-0.05, 0) is 90.8 Å². The molecule has 0 radical (unpaired) electrons. The summed E-state index contributed by atoms with van der Waals surface area (Å²) < 4.78 is 5.78. The van der Waals surface area contributed by atoms with Gasteiger partial charge in [0.2, 0.25) is 0 Å². The topological polar surface area (TPSA) is 72.8 Å². The first-order valence-electron chi connectivity index (χ1n) is 11.3. The molecule has 2 aromatic carbocycles. The van der Waals surface area contributed by atoms with E-state index in [1.807, 2.05) is 0 Å². The molecule has 0 bridgehead atoms. The van der Waals surface area contributed by atoms with Crippen LogP contribution in [0, 0.1) is 16.5 Å². The Morgan fingerprint density at radius 2 is 1.87 bits per heavy atom. The molecule has 5 heteroatoms. The number of ether oxygens (including phenoxy) is 1. The molecular weight excluding hydrogens is 390 g/mol. The number of rotatable bonds is 4. The van der Waals surface area contributed by atoms with Crippen LogP contribution in [0.3, 0.4) is 0 Å². The number of aryl methyl sites for hydroxylation is 1. The zero-order valence-electron chi connectivity index (χ0n) is 18.9. The van der Waals surface area contributed by atoms with Crippen molar-refractivity contribution >= 4 is 11.7 Å². The molecule has 4 rings (SSSR count). The van der Waals surface area contributed by atoms with E-state index in [-0.39, 0.29) is 28.2 Å². The fourth-order valence-electron chi connectivity index (χ4n) is 5.98. The van der Waals surface area contributed by atoms with Gasteiger partial charge in [0.25, 0.3) is 0 Å². The van der Waals surface area contributed by atoms with Gasteiger partial charge in [-0.1, -0.05) is 45.4 Å². The van der Waals surface area contributed by atoms with Crippen LogP contribution in [0.2, 0.25) is 0 Å². The third-order valence-corrected chi connectivity index (χ3v) is 7.78. The lowest BCUT2D eigenvalue weighted by Crippen LogP contribution is -2.53. The number of carbonyl (C=O) groups is 1. The SMILES string of the molecule is CC(C)c1ccc2c(c1)CC[C@H]1[C@](C)(C(=O)Oc3ccc(N([O-])O)cc3)CCC[C@]21C. The van der Waals surface area contributed by atoms with Crippen LogP contribution in [0.5, 0.6) is 5.75 Å². The number of anilines is 1.